The van der Waals surface area contributed by atoms with Crippen molar-refractivity contribution >= 4 is 5.91 Å². The van der Waals surface area contributed by atoms with Crippen LogP contribution in [-0.2, 0) is 13.6 Å². The van der Waals surface area contributed by atoms with Crippen molar-refractivity contribution < 1.29 is 4.79 Å². The van der Waals surface area contributed by atoms with E-state index in [1.54, 1.807) is 4.68 Å². The van der Waals surface area contributed by atoms with Crippen molar-refractivity contribution in [3.63, 3.8) is 0 Å². The maximum atomic E-state index is 12.4. The number of nitrogens with one attached hydrogen (secondary N) is 2. The van der Waals surface area contributed by atoms with E-state index in [4.69, 9.17) is 0 Å². The number of rotatable bonds is 4. The van der Waals surface area contributed by atoms with Gasteiger partial charge in [0.1, 0.15) is 0 Å². The highest BCUT2D eigenvalue weighted by molar-refractivity contribution is 5.94. The van der Waals surface area contributed by atoms with Gasteiger partial charge in [0.25, 0.3) is 5.91 Å². The maximum Gasteiger partial charge on any atom is 0.251 e. The van der Waals surface area contributed by atoms with Crippen LogP contribution in [0.15, 0.2) is 30.3 Å². The van der Waals surface area contributed by atoms with Crippen LogP contribution in [0.3, 0.4) is 0 Å². The fourth-order valence-electron chi connectivity index (χ4n) is 3.17. The first-order chi connectivity index (χ1) is 11.1. The zero-order valence-electron chi connectivity index (χ0n) is 13.8. The lowest BCUT2D eigenvalue weighted by Crippen LogP contribution is -2.28. The number of aromatic nitrogens is 2. The molecule has 1 aliphatic heterocycles. The van der Waals surface area contributed by atoms with Crippen LogP contribution in [0.2, 0.25) is 0 Å². The first-order valence-corrected chi connectivity index (χ1v) is 8.22. The molecule has 5 nitrogen and oxygen atoms in total. The molecule has 0 bridgehead atoms. The van der Waals surface area contributed by atoms with Gasteiger partial charge in [0.05, 0.1) is 17.9 Å². The third-order valence-electron chi connectivity index (χ3n) is 4.45. The summed E-state index contributed by atoms with van der Waals surface area (Å²) in [5, 5.41) is 10.7. The van der Waals surface area contributed by atoms with Crippen LogP contribution in [0.25, 0.3) is 0 Å². The minimum absolute atomic E-state index is 0.0329. The molecule has 0 spiro atoms. The van der Waals surface area contributed by atoms with Crippen molar-refractivity contribution in [1.29, 1.82) is 0 Å². The van der Waals surface area contributed by atoms with Gasteiger partial charge >= 0.3 is 0 Å². The summed E-state index contributed by atoms with van der Waals surface area (Å²) >= 11 is 0. The van der Waals surface area contributed by atoms with Crippen molar-refractivity contribution in [2.24, 2.45) is 7.05 Å². The molecule has 1 amide bonds. The van der Waals surface area contributed by atoms with Gasteiger partial charge < -0.3 is 10.6 Å². The van der Waals surface area contributed by atoms with Crippen LogP contribution >= 0.6 is 0 Å². The van der Waals surface area contributed by atoms with Crippen LogP contribution in [0, 0.1) is 6.92 Å². The topological polar surface area (TPSA) is 59.0 Å². The molecule has 1 fully saturated rings. The van der Waals surface area contributed by atoms with Gasteiger partial charge in [-0.15, -0.1) is 0 Å². The van der Waals surface area contributed by atoms with E-state index in [0.29, 0.717) is 12.5 Å². The number of carbonyl (C=O) groups is 1. The number of benzene rings is 1. The third kappa shape index (κ3) is 3.79. The summed E-state index contributed by atoms with van der Waals surface area (Å²) in [5.74, 6) is 0.477. The average molecular weight is 312 g/mol. The number of piperidine rings is 1. The highest BCUT2D eigenvalue weighted by atomic mass is 16.1. The van der Waals surface area contributed by atoms with Crippen LogP contribution in [-0.4, -0.2) is 28.8 Å². The number of hydrogen-bond donors (Lipinski definition) is 2. The first kappa shape index (κ1) is 15.7. The van der Waals surface area contributed by atoms with Crippen molar-refractivity contribution in [2.75, 3.05) is 13.1 Å². The Balaban J connectivity index is 1.66. The first-order valence-electron chi connectivity index (χ1n) is 8.22. The lowest BCUT2D eigenvalue weighted by Gasteiger charge is -2.23. The molecule has 1 aliphatic rings. The summed E-state index contributed by atoms with van der Waals surface area (Å²) in [6, 6.07) is 10.0. The summed E-state index contributed by atoms with van der Waals surface area (Å²) in [7, 11) is 1.89. The molecule has 2 aromatic rings. The van der Waals surface area contributed by atoms with Gasteiger partial charge in [-0.2, -0.15) is 5.10 Å². The Morgan fingerprint density at radius 1 is 1.43 bits per heavy atom. The summed E-state index contributed by atoms with van der Waals surface area (Å²) in [5.41, 5.74) is 3.94. The molecule has 1 atom stereocenters. The van der Waals surface area contributed by atoms with Crippen molar-refractivity contribution in [1.82, 2.24) is 20.4 Å². The Labute approximate surface area is 137 Å². The Kier molecular flexibility index (Phi) is 4.76. The molecule has 0 radical (unpaired) electrons. The van der Waals surface area contributed by atoms with Gasteiger partial charge in [0.2, 0.25) is 0 Å². The molecular formula is C18H24N4O. The summed E-state index contributed by atoms with van der Waals surface area (Å²) in [6.07, 6.45) is 2.38. The van der Waals surface area contributed by atoms with E-state index in [1.165, 1.54) is 18.4 Å². The highest BCUT2D eigenvalue weighted by Crippen LogP contribution is 2.23. The molecule has 1 saturated heterocycles. The molecule has 0 saturated carbocycles. The fraction of sp³-hybridized carbons (Fsp3) is 0.444. The smallest absolute Gasteiger partial charge is 0.251 e. The number of aryl methyl sites for hydroxylation is 2. The quantitative estimate of drug-likeness (QED) is 0.909. The normalized spacial score (nSPS) is 17.9. The Morgan fingerprint density at radius 2 is 2.30 bits per heavy atom. The number of carbonyl (C=O) groups excluding carboxylic acids is 1. The van der Waals surface area contributed by atoms with Gasteiger partial charge in [-0.05, 0) is 56.0 Å². The number of amides is 1. The standard InChI is InChI=1S/C18H24N4O/c1-13-9-17(22(2)21-13)12-20-18(23)15-6-3-5-14(10-15)16-7-4-8-19-11-16/h3,5-6,9-10,16,19H,4,7-8,11-12H2,1-2H3,(H,20,23)/t16-/m0/s1. The SMILES string of the molecule is Cc1cc(CNC(=O)c2cccc([C@H]3CCCNC3)c2)n(C)n1. The Morgan fingerprint density at radius 3 is 3.00 bits per heavy atom. The molecule has 23 heavy (non-hydrogen) atoms. The molecular weight excluding hydrogens is 288 g/mol. The predicted molar refractivity (Wildman–Crippen MR) is 90.4 cm³/mol. The van der Waals surface area contributed by atoms with Crippen LogP contribution in [0.4, 0.5) is 0 Å². The minimum Gasteiger partial charge on any atom is -0.346 e. The summed E-state index contributed by atoms with van der Waals surface area (Å²) < 4.78 is 1.81. The molecule has 0 unspecified atom stereocenters. The maximum absolute atomic E-state index is 12.4. The van der Waals surface area contributed by atoms with E-state index in [2.05, 4.69) is 21.8 Å². The van der Waals surface area contributed by atoms with Gasteiger partial charge in [0, 0.05) is 19.2 Å². The zero-order chi connectivity index (χ0) is 16.2. The van der Waals surface area contributed by atoms with Crippen molar-refractivity contribution in [2.45, 2.75) is 32.2 Å². The fourth-order valence-corrected chi connectivity index (χ4v) is 3.17. The van der Waals surface area contributed by atoms with E-state index < -0.39 is 0 Å². The number of hydrogen-bond acceptors (Lipinski definition) is 3. The molecule has 122 valence electrons. The summed E-state index contributed by atoms with van der Waals surface area (Å²) in [6.45, 7) is 4.54. The predicted octanol–water partition coefficient (Wildman–Crippen LogP) is 2.13. The second-order valence-electron chi connectivity index (χ2n) is 6.25. The monoisotopic (exact) mass is 312 g/mol. The van der Waals surface area contributed by atoms with Crippen LogP contribution in [0.5, 0.6) is 0 Å². The van der Waals surface area contributed by atoms with E-state index in [-0.39, 0.29) is 5.91 Å². The largest absolute Gasteiger partial charge is 0.346 e. The lowest BCUT2D eigenvalue weighted by atomic mass is 9.90. The van der Waals surface area contributed by atoms with Crippen molar-refractivity contribution in [3.05, 3.63) is 52.8 Å². The van der Waals surface area contributed by atoms with Gasteiger partial charge in [-0.3, -0.25) is 9.48 Å². The van der Waals surface area contributed by atoms with Crippen LogP contribution < -0.4 is 10.6 Å². The molecule has 2 heterocycles. The van der Waals surface area contributed by atoms with E-state index in [9.17, 15) is 4.79 Å². The Bertz CT molecular complexity index is 686. The van der Waals surface area contributed by atoms with Gasteiger partial charge in [-0.1, -0.05) is 12.1 Å². The summed E-state index contributed by atoms with van der Waals surface area (Å²) in [4.78, 5) is 12.4. The lowest BCUT2D eigenvalue weighted by molar-refractivity contribution is 0.0950. The molecule has 3 rings (SSSR count). The second-order valence-corrected chi connectivity index (χ2v) is 6.25. The third-order valence-corrected chi connectivity index (χ3v) is 4.45. The molecule has 1 aromatic carbocycles. The van der Waals surface area contributed by atoms with Gasteiger partial charge in [-0.25, -0.2) is 0 Å². The highest BCUT2D eigenvalue weighted by Gasteiger charge is 2.16. The van der Waals surface area contributed by atoms with Gasteiger partial charge in [0.15, 0.2) is 0 Å². The van der Waals surface area contributed by atoms with E-state index in [1.807, 2.05) is 38.2 Å². The molecule has 0 aliphatic carbocycles. The van der Waals surface area contributed by atoms with E-state index in [0.717, 1.165) is 30.0 Å². The van der Waals surface area contributed by atoms with Crippen LogP contribution in [0.1, 0.15) is 46.1 Å². The molecule has 2 N–H and O–H groups in total. The molecule has 5 heteroatoms. The van der Waals surface area contributed by atoms with E-state index >= 15 is 0 Å². The average Bonchev–Trinajstić information content (AvgIpc) is 2.91. The minimum atomic E-state index is -0.0329. The number of nitrogens with zero attached hydrogens (tertiary/aromatic N) is 2. The zero-order valence-corrected chi connectivity index (χ0v) is 13.8. The second kappa shape index (κ2) is 6.96. The van der Waals surface area contributed by atoms with Crippen molar-refractivity contribution in [3.8, 4) is 0 Å². The Hall–Kier alpha value is -2.14. The molecule has 1 aromatic heterocycles.